The van der Waals surface area contributed by atoms with Crippen LogP contribution < -0.4 is 0 Å². The summed E-state index contributed by atoms with van der Waals surface area (Å²) < 4.78 is 0. The Morgan fingerprint density at radius 1 is 0.281 bits per heavy atom. The van der Waals surface area contributed by atoms with Gasteiger partial charge in [0.1, 0.15) is 0 Å². The number of benzene rings is 11. The molecule has 1 aliphatic rings. The zero-order valence-corrected chi connectivity index (χ0v) is 32.0. The molecular formula is C57H38. The normalized spacial score (nSPS) is 13.2. The molecule has 11 aromatic rings. The fourth-order valence-corrected chi connectivity index (χ4v) is 10.3. The average molecular weight is 723 g/mol. The summed E-state index contributed by atoms with van der Waals surface area (Å²) in [5, 5.41) is 15.5. The van der Waals surface area contributed by atoms with Crippen LogP contribution in [0.2, 0.25) is 0 Å². The van der Waals surface area contributed by atoms with E-state index in [0.717, 1.165) is 0 Å². The van der Waals surface area contributed by atoms with Gasteiger partial charge in [0.25, 0.3) is 0 Å². The van der Waals surface area contributed by atoms with Gasteiger partial charge in [0, 0.05) is 5.41 Å². The molecule has 0 aliphatic heterocycles. The van der Waals surface area contributed by atoms with E-state index < -0.39 is 0 Å². The van der Waals surface area contributed by atoms with Gasteiger partial charge in [-0.15, -0.1) is 0 Å². The SMILES string of the molecule is CC1(C)c2cc3cc(-c4c5ccccc5c(-c5ccc(-c6ccc7ccccc7c6)cc5)c5ccccc45)ccc3cc2-c2c1c1ccccc1c1ccccc21. The molecule has 0 heterocycles. The van der Waals surface area contributed by atoms with Crippen molar-refractivity contribution in [3.8, 4) is 44.5 Å². The molecule has 0 bridgehead atoms. The van der Waals surface area contributed by atoms with Crippen LogP contribution in [0.3, 0.4) is 0 Å². The lowest BCUT2D eigenvalue weighted by molar-refractivity contribution is 0.667. The van der Waals surface area contributed by atoms with Crippen molar-refractivity contribution >= 4 is 64.6 Å². The van der Waals surface area contributed by atoms with Crippen LogP contribution in [0.15, 0.2) is 194 Å². The first-order chi connectivity index (χ1) is 28.0. The van der Waals surface area contributed by atoms with Crippen molar-refractivity contribution in [2.45, 2.75) is 19.3 Å². The molecule has 1 aliphatic carbocycles. The van der Waals surface area contributed by atoms with Crippen LogP contribution in [-0.2, 0) is 5.41 Å². The van der Waals surface area contributed by atoms with Gasteiger partial charge < -0.3 is 0 Å². The quantitative estimate of drug-likeness (QED) is 0.126. The van der Waals surface area contributed by atoms with Gasteiger partial charge in [-0.05, 0) is 145 Å². The molecule has 0 heteroatoms. The topological polar surface area (TPSA) is 0 Å². The Balaban J connectivity index is 1.03. The summed E-state index contributed by atoms with van der Waals surface area (Å²) in [6, 6.07) is 72.6. The molecule has 0 nitrogen and oxygen atoms in total. The molecule has 0 aromatic heterocycles. The van der Waals surface area contributed by atoms with E-state index in [4.69, 9.17) is 0 Å². The maximum Gasteiger partial charge on any atom is 0.0165 e. The van der Waals surface area contributed by atoms with Crippen LogP contribution in [0.4, 0.5) is 0 Å². The van der Waals surface area contributed by atoms with E-state index in [1.165, 1.54) is 120 Å². The summed E-state index contributed by atoms with van der Waals surface area (Å²) in [5.41, 5.74) is 13.0. The average Bonchev–Trinajstić information content (AvgIpc) is 3.50. The highest BCUT2D eigenvalue weighted by atomic mass is 14.4. The molecule has 12 rings (SSSR count). The highest BCUT2D eigenvalue weighted by Crippen LogP contribution is 2.55. The number of hydrogen-bond acceptors (Lipinski definition) is 0. The van der Waals surface area contributed by atoms with E-state index in [1.54, 1.807) is 0 Å². The van der Waals surface area contributed by atoms with Gasteiger partial charge in [0.2, 0.25) is 0 Å². The molecule has 0 saturated carbocycles. The summed E-state index contributed by atoms with van der Waals surface area (Å²) >= 11 is 0. The molecule has 0 unspecified atom stereocenters. The highest BCUT2D eigenvalue weighted by molar-refractivity contribution is 6.22. The lowest BCUT2D eigenvalue weighted by Crippen LogP contribution is -2.15. The van der Waals surface area contributed by atoms with E-state index in [0.29, 0.717) is 0 Å². The predicted molar refractivity (Wildman–Crippen MR) is 245 cm³/mol. The zero-order chi connectivity index (χ0) is 37.8. The van der Waals surface area contributed by atoms with Crippen molar-refractivity contribution in [1.29, 1.82) is 0 Å². The van der Waals surface area contributed by atoms with Gasteiger partial charge in [-0.3, -0.25) is 0 Å². The van der Waals surface area contributed by atoms with E-state index in [-0.39, 0.29) is 5.41 Å². The van der Waals surface area contributed by atoms with Crippen molar-refractivity contribution < 1.29 is 0 Å². The lowest BCUT2D eigenvalue weighted by Gasteiger charge is -2.24. The fraction of sp³-hybridized carbons (Fsp3) is 0.0526. The first-order valence-corrected chi connectivity index (χ1v) is 20.1. The summed E-state index contributed by atoms with van der Waals surface area (Å²) in [6.07, 6.45) is 0. The van der Waals surface area contributed by atoms with Crippen LogP contribution in [-0.4, -0.2) is 0 Å². The van der Waals surface area contributed by atoms with Gasteiger partial charge in [-0.2, -0.15) is 0 Å². The fourth-order valence-electron chi connectivity index (χ4n) is 10.3. The summed E-state index contributed by atoms with van der Waals surface area (Å²) in [4.78, 5) is 0. The third-order valence-electron chi connectivity index (χ3n) is 13.0. The maximum absolute atomic E-state index is 2.49. The van der Waals surface area contributed by atoms with Gasteiger partial charge in [-0.1, -0.05) is 184 Å². The van der Waals surface area contributed by atoms with Gasteiger partial charge in [-0.25, -0.2) is 0 Å². The molecule has 11 aromatic carbocycles. The summed E-state index contributed by atoms with van der Waals surface area (Å²) in [5.74, 6) is 0. The molecule has 0 radical (unpaired) electrons. The molecule has 0 N–H and O–H groups in total. The Morgan fingerprint density at radius 2 is 0.702 bits per heavy atom. The second-order valence-corrected chi connectivity index (χ2v) is 16.4. The molecule has 0 saturated heterocycles. The van der Waals surface area contributed by atoms with Crippen LogP contribution in [0.1, 0.15) is 25.0 Å². The summed E-state index contributed by atoms with van der Waals surface area (Å²) in [6.45, 7) is 4.84. The van der Waals surface area contributed by atoms with Crippen molar-refractivity contribution in [2.24, 2.45) is 0 Å². The lowest BCUT2D eigenvalue weighted by atomic mass is 9.79. The predicted octanol–water partition coefficient (Wildman–Crippen LogP) is 15.9. The second-order valence-electron chi connectivity index (χ2n) is 16.4. The number of fused-ring (bicyclic) bond motifs is 12. The summed E-state index contributed by atoms with van der Waals surface area (Å²) in [7, 11) is 0. The van der Waals surface area contributed by atoms with Crippen LogP contribution >= 0.6 is 0 Å². The van der Waals surface area contributed by atoms with E-state index >= 15 is 0 Å². The van der Waals surface area contributed by atoms with E-state index in [2.05, 4.69) is 208 Å². The third-order valence-corrected chi connectivity index (χ3v) is 13.0. The Kier molecular flexibility index (Phi) is 6.78. The minimum absolute atomic E-state index is 0.149. The Labute approximate surface area is 332 Å². The Morgan fingerprint density at radius 3 is 1.35 bits per heavy atom. The largest absolute Gasteiger partial charge is 0.0616 e. The molecule has 57 heavy (non-hydrogen) atoms. The van der Waals surface area contributed by atoms with Crippen LogP contribution in [0, 0.1) is 0 Å². The first kappa shape index (κ1) is 32.2. The first-order valence-electron chi connectivity index (χ1n) is 20.1. The molecule has 0 fully saturated rings. The zero-order valence-electron chi connectivity index (χ0n) is 32.0. The minimum atomic E-state index is -0.149. The Bertz CT molecular complexity index is 3410. The van der Waals surface area contributed by atoms with Gasteiger partial charge in [0.15, 0.2) is 0 Å². The molecule has 0 amide bonds. The van der Waals surface area contributed by atoms with Gasteiger partial charge >= 0.3 is 0 Å². The molecule has 0 atom stereocenters. The second kappa shape index (κ2) is 12.0. The molecule has 266 valence electrons. The van der Waals surface area contributed by atoms with Crippen molar-refractivity contribution in [2.75, 3.05) is 0 Å². The van der Waals surface area contributed by atoms with Crippen molar-refractivity contribution in [3.63, 3.8) is 0 Å². The highest BCUT2D eigenvalue weighted by Gasteiger charge is 2.38. The van der Waals surface area contributed by atoms with Crippen molar-refractivity contribution in [1.82, 2.24) is 0 Å². The number of hydrogen-bond donors (Lipinski definition) is 0. The number of rotatable bonds is 3. The smallest absolute Gasteiger partial charge is 0.0165 e. The maximum atomic E-state index is 2.49. The minimum Gasteiger partial charge on any atom is -0.0616 e. The molecular weight excluding hydrogens is 685 g/mol. The van der Waals surface area contributed by atoms with Crippen LogP contribution in [0.25, 0.3) is 109 Å². The van der Waals surface area contributed by atoms with Gasteiger partial charge in [0.05, 0.1) is 0 Å². The van der Waals surface area contributed by atoms with E-state index in [9.17, 15) is 0 Å². The monoisotopic (exact) mass is 722 g/mol. The Hall–Kier alpha value is -7.02. The molecule has 0 spiro atoms. The standard InChI is InChI=1S/C57H38/c1-57(2)52-34-42-32-41(30-29-40(42)33-51(52)55-45-17-7-5-15-43(45)44-16-6-12-22-50(44)56(55)57)54-48-20-10-8-18-46(48)53(47-19-9-11-21-49(47)54)37-26-23-36(24-27-37)39-28-25-35-13-3-4-14-38(35)31-39/h3-34H,1-2H3. The van der Waals surface area contributed by atoms with E-state index in [1.807, 2.05) is 0 Å². The van der Waals surface area contributed by atoms with Crippen LogP contribution in [0.5, 0.6) is 0 Å². The third kappa shape index (κ3) is 4.68. The van der Waals surface area contributed by atoms with Crippen molar-refractivity contribution in [3.05, 3.63) is 205 Å².